The number of urea groups is 1. The lowest BCUT2D eigenvalue weighted by atomic mass is 9.95. The lowest BCUT2D eigenvalue weighted by Crippen LogP contribution is -2.59. The second kappa shape index (κ2) is 9.37. The van der Waals surface area contributed by atoms with Gasteiger partial charge < -0.3 is 24.6 Å². The number of ether oxygens (including phenoxy) is 2. The summed E-state index contributed by atoms with van der Waals surface area (Å²) in [5, 5.41) is 6.43. The molecule has 35 heavy (non-hydrogen) atoms. The standard InChI is InChI=1S/C26H31FN4O4/c1-3-17(2)23-24(32)31(15-18-7-8-21-22(13-18)35-16-34-21)26(29-23)9-11-30(12-10-26)25(33)28-20-6-4-5-19(27)14-20/h4-8,13-14,17,23,29H,3,9-12,15-16H2,1-2H3,(H,28,33)/t17-,23+/m1/s1. The van der Waals surface area contributed by atoms with Gasteiger partial charge in [-0.25, -0.2) is 9.18 Å². The van der Waals surface area contributed by atoms with Crippen molar-refractivity contribution in [2.75, 3.05) is 25.2 Å². The minimum absolute atomic E-state index is 0.0923. The molecule has 0 unspecified atom stereocenters. The van der Waals surface area contributed by atoms with Crippen molar-refractivity contribution in [3.05, 3.63) is 53.8 Å². The van der Waals surface area contributed by atoms with Gasteiger partial charge in [-0.3, -0.25) is 10.1 Å². The number of anilines is 1. The van der Waals surface area contributed by atoms with E-state index >= 15 is 0 Å². The fourth-order valence-electron chi connectivity index (χ4n) is 5.14. The zero-order chi connectivity index (χ0) is 24.6. The number of hydrogen-bond donors (Lipinski definition) is 2. The number of rotatable bonds is 5. The zero-order valence-electron chi connectivity index (χ0n) is 20.1. The van der Waals surface area contributed by atoms with Gasteiger partial charge in [-0.2, -0.15) is 0 Å². The fourth-order valence-corrected chi connectivity index (χ4v) is 5.14. The molecule has 3 heterocycles. The van der Waals surface area contributed by atoms with Gasteiger partial charge in [0.2, 0.25) is 12.7 Å². The van der Waals surface area contributed by atoms with Gasteiger partial charge in [0.25, 0.3) is 0 Å². The van der Waals surface area contributed by atoms with Crippen molar-refractivity contribution in [2.45, 2.75) is 51.4 Å². The number of carbonyl (C=O) groups excluding carboxylic acids is 2. The Morgan fingerprint density at radius 2 is 1.97 bits per heavy atom. The fraction of sp³-hybridized carbons (Fsp3) is 0.462. The molecule has 8 nitrogen and oxygen atoms in total. The first-order chi connectivity index (χ1) is 16.9. The zero-order valence-corrected chi connectivity index (χ0v) is 20.1. The molecular weight excluding hydrogens is 451 g/mol. The van der Waals surface area contributed by atoms with Gasteiger partial charge >= 0.3 is 6.03 Å². The monoisotopic (exact) mass is 482 g/mol. The number of likely N-dealkylation sites (tertiary alicyclic amines) is 1. The number of piperidine rings is 1. The number of fused-ring (bicyclic) bond motifs is 1. The maximum absolute atomic E-state index is 13.6. The molecule has 1 spiro atoms. The van der Waals surface area contributed by atoms with Crippen LogP contribution in [-0.4, -0.2) is 53.3 Å². The van der Waals surface area contributed by atoms with Crippen LogP contribution in [0.15, 0.2) is 42.5 Å². The number of carbonyl (C=O) groups is 2. The van der Waals surface area contributed by atoms with Crippen LogP contribution in [0, 0.1) is 11.7 Å². The molecule has 0 saturated carbocycles. The van der Waals surface area contributed by atoms with E-state index in [4.69, 9.17) is 9.47 Å². The summed E-state index contributed by atoms with van der Waals surface area (Å²) in [6, 6.07) is 11.1. The summed E-state index contributed by atoms with van der Waals surface area (Å²) in [5.41, 5.74) is 0.863. The first-order valence-electron chi connectivity index (χ1n) is 12.2. The Morgan fingerprint density at radius 3 is 2.71 bits per heavy atom. The topological polar surface area (TPSA) is 83.1 Å². The number of nitrogens with zero attached hydrogens (tertiary/aromatic N) is 2. The Hall–Kier alpha value is -3.33. The van der Waals surface area contributed by atoms with E-state index in [-0.39, 0.29) is 30.7 Å². The molecule has 9 heteroatoms. The first kappa shape index (κ1) is 23.4. The van der Waals surface area contributed by atoms with Crippen molar-refractivity contribution in [1.82, 2.24) is 15.1 Å². The largest absolute Gasteiger partial charge is 0.454 e. The van der Waals surface area contributed by atoms with Crippen LogP contribution in [0.5, 0.6) is 11.5 Å². The van der Waals surface area contributed by atoms with E-state index in [9.17, 15) is 14.0 Å². The maximum atomic E-state index is 13.6. The first-order valence-corrected chi connectivity index (χ1v) is 12.2. The highest BCUT2D eigenvalue weighted by Crippen LogP contribution is 2.38. The Balaban J connectivity index is 1.32. The molecule has 2 atom stereocenters. The van der Waals surface area contributed by atoms with Crippen molar-refractivity contribution in [3.63, 3.8) is 0 Å². The minimum Gasteiger partial charge on any atom is -0.454 e. The van der Waals surface area contributed by atoms with Crippen LogP contribution in [0.2, 0.25) is 0 Å². The Kier molecular flexibility index (Phi) is 6.27. The van der Waals surface area contributed by atoms with E-state index in [1.807, 2.05) is 23.1 Å². The van der Waals surface area contributed by atoms with Crippen molar-refractivity contribution in [1.29, 1.82) is 0 Å². The summed E-state index contributed by atoms with van der Waals surface area (Å²) >= 11 is 0. The number of nitrogens with one attached hydrogen (secondary N) is 2. The van der Waals surface area contributed by atoms with Gasteiger partial charge in [-0.05, 0) is 41.8 Å². The van der Waals surface area contributed by atoms with Crippen LogP contribution in [0.25, 0.3) is 0 Å². The number of amides is 3. The van der Waals surface area contributed by atoms with Crippen LogP contribution in [0.4, 0.5) is 14.9 Å². The number of hydrogen-bond acceptors (Lipinski definition) is 5. The lowest BCUT2D eigenvalue weighted by Gasteiger charge is -2.44. The Morgan fingerprint density at radius 1 is 1.20 bits per heavy atom. The van der Waals surface area contributed by atoms with E-state index in [0.717, 1.165) is 12.0 Å². The molecule has 2 aromatic rings. The predicted octanol–water partition coefficient (Wildman–Crippen LogP) is 3.93. The van der Waals surface area contributed by atoms with Crippen LogP contribution in [0.3, 0.4) is 0 Å². The number of halogens is 1. The SMILES string of the molecule is CC[C@@H](C)[C@@H]1NC2(CCN(C(=O)Nc3cccc(F)c3)CC2)N(Cc2ccc3c(c2)OCO3)C1=O. The molecule has 0 radical (unpaired) electrons. The average Bonchev–Trinajstić information content (AvgIpc) is 3.42. The molecular formula is C26H31FN4O4. The second-order valence-electron chi connectivity index (χ2n) is 9.58. The molecule has 3 aliphatic heterocycles. The number of benzene rings is 2. The van der Waals surface area contributed by atoms with E-state index < -0.39 is 11.5 Å². The van der Waals surface area contributed by atoms with Gasteiger partial charge in [0.15, 0.2) is 11.5 Å². The molecule has 2 saturated heterocycles. The summed E-state index contributed by atoms with van der Waals surface area (Å²) in [6.45, 7) is 5.79. The Labute approximate surface area is 204 Å². The molecule has 186 valence electrons. The van der Waals surface area contributed by atoms with E-state index in [0.29, 0.717) is 49.7 Å². The molecule has 3 amide bonds. The van der Waals surface area contributed by atoms with E-state index in [2.05, 4.69) is 24.5 Å². The van der Waals surface area contributed by atoms with Crippen molar-refractivity contribution < 1.29 is 23.5 Å². The summed E-state index contributed by atoms with van der Waals surface area (Å²) in [4.78, 5) is 30.1. The van der Waals surface area contributed by atoms with Crippen molar-refractivity contribution in [3.8, 4) is 11.5 Å². The normalized spacial score (nSPS) is 21.5. The molecule has 2 aromatic carbocycles. The molecule has 3 aliphatic rings. The third-order valence-corrected chi connectivity index (χ3v) is 7.42. The van der Waals surface area contributed by atoms with E-state index in [1.54, 1.807) is 17.0 Å². The van der Waals surface area contributed by atoms with Crippen LogP contribution >= 0.6 is 0 Å². The predicted molar refractivity (Wildman–Crippen MR) is 128 cm³/mol. The quantitative estimate of drug-likeness (QED) is 0.675. The average molecular weight is 483 g/mol. The molecule has 0 aromatic heterocycles. The molecule has 5 rings (SSSR count). The smallest absolute Gasteiger partial charge is 0.321 e. The second-order valence-corrected chi connectivity index (χ2v) is 9.58. The third-order valence-electron chi connectivity index (χ3n) is 7.42. The Bertz CT molecular complexity index is 1120. The van der Waals surface area contributed by atoms with Gasteiger partial charge in [0.1, 0.15) is 5.82 Å². The highest BCUT2D eigenvalue weighted by Gasteiger charge is 2.52. The van der Waals surface area contributed by atoms with Crippen LogP contribution in [0.1, 0.15) is 38.7 Å². The summed E-state index contributed by atoms with van der Waals surface area (Å²) < 4.78 is 24.4. The lowest BCUT2D eigenvalue weighted by molar-refractivity contribution is -0.134. The summed E-state index contributed by atoms with van der Waals surface area (Å²) in [7, 11) is 0. The van der Waals surface area contributed by atoms with Crippen LogP contribution in [-0.2, 0) is 11.3 Å². The summed E-state index contributed by atoms with van der Waals surface area (Å²) in [5.74, 6) is 1.29. The maximum Gasteiger partial charge on any atom is 0.321 e. The molecule has 0 aliphatic carbocycles. The highest BCUT2D eigenvalue weighted by molar-refractivity contribution is 5.89. The van der Waals surface area contributed by atoms with Gasteiger partial charge in [-0.15, -0.1) is 0 Å². The van der Waals surface area contributed by atoms with Gasteiger partial charge in [0.05, 0.1) is 11.7 Å². The van der Waals surface area contributed by atoms with Crippen molar-refractivity contribution in [2.24, 2.45) is 5.92 Å². The third kappa shape index (κ3) is 4.52. The summed E-state index contributed by atoms with van der Waals surface area (Å²) in [6.07, 6.45) is 2.10. The van der Waals surface area contributed by atoms with Gasteiger partial charge in [0, 0.05) is 38.2 Å². The van der Waals surface area contributed by atoms with Crippen LogP contribution < -0.4 is 20.1 Å². The molecule has 0 bridgehead atoms. The minimum atomic E-state index is -0.531. The highest BCUT2D eigenvalue weighted by atomic mass is 19.1. The molecule has 2 N–H and O–H groups in total. The molecule has 2 fully saturated rings. The van der Waals surface area contributed by atoms with E-state index in [1.165, 1.54) is 12.1 Å². The van der Waals surface area contributed by atoms with Crippen molar-refractivity contribution >= 4 is 17.6 Å². The van der Waals surface area contributed by atoms with Gasteiger partial charge in [-0.1, -0.05) is 32.4 Å².